The lowest BCUT2D eigenvalue weighted by Crippen LogP contribution is -2.59. The van der Waals surface area contributed by atoms with Gasteiger partial charge in [0, 0.05) is 39.5 Å². The Bertz CT molecular complexity index is 841. The Labute approximate surface area is 215 Å². The fourth-order valence-corrected chi connectivity index (χ4v) is 3.22. The molecule has 1 atom stereocenters. The normalized spacial score (nSPS) is 16.1. The van der Waals surface area contributed by atoms with Gasteiger partial charge in [0.2, 0.25) is 5.91 Å². The maximum atomic E-state index is 13.2. The minimum Gasteiger partial charge on any atom is -0.496 e. The highest BCUT2D eigenvalue weighted by Crippen LogP contribution is 2.26. The third-order valence-corrected chi connectivity index (χ3v) is 4.97. The van der Waals surface area contributed by atoms with Crippen molar-refractivity contribution in [2.24, 2.45) is 5.10 Å². The Balaban J connectivity index is 0.00000185. The van der Waals surface area contributed by atoms with Crippen molar-refractivity contribution >= 4 is 24.3 Å². The lowest BCUT2D eigenvalue weighted by Gasteiger charge is -2.40. The van der Waals surface area contributed by atoms with Crippen molar-refractivity contribution in [1.29, 1.82) is 0 Å². The topological polar surface area (TPSA) is 110 Å². The van der Waals surface area contributed by atoms with Crippen molar-refractivity contribution in [3.8, 4) is 5.75 Å². The summed E-state index contributed by atoms with van der Waals surface area (Å²) >= 11 is 0. The largest absolute Gasteiger partial charge is 0.496 e. The van der Waals surface area contributed by atoms with E-state index in [1.54, 1.807) is 40.4 Å². The van der Waals surface area contributed by atoms with Gasteiger partial charge in [0.15, 0.2) is 6.29 Å². The molecule has 1 aliphatic heterocycles. The number of nitrogens with one attached hydrogen (secondary N) is 1. The highest BCUT2D eigenvalue weighted by Gasteiger charge is 2.40. The molecule has 1 saturated heterocycles. The number of allylic oxidation sites excluding steroid dienone is 1. The summed E-state index contributed by atoms with van der Waals surface area (Å²) in [7, 11) is 4.84. The van der Waals surface area contributed by atoms with Crippen LogP contribution in [0.3, 0.4) is 0 Å². The van der Waals surface area contributed by atoms with E-state index in [1.807, 2.05) is 39.0 Å². The number of carbonyl (C=O) groups is 3. The predicted octanol–water partition coefficient (Wildman–Crippen LogP) is 2.63. The molecule has 0 radical (unpaired) electrons. The number of piperazine rings is 1. The summed E-state index contributed by atoms with van der Waals surface area (Å²) in [6.07, 6.45) is 3.86. The van der Waals surface area contributed by atoms with Crippen LogP contribution in [0.25, 0.3) is 0 Å². The highest BCUT2D eigenvalue weighted by molar-refractivity contribution is 6.12. The molecule has 2 amide bonds. The SMILES string of the molecule is C/C=C1/C(=O)N(Cc2ccccc2OC)C(C(=O)NCCCOC)CN1/N=C/C=O.CC.CCOC. The number of benzene rings is 1. The minimum absolute atomic E-state index is 0.126. The zero-order valence-electron chi connectivity index (χ0n) is 22.7. The number of aldehydes is 1. The van der Waals surface area contributed by atoms with E-state index in [-0.39, 0.29) is 24.9 Å². The van der Waals surface area contributed by atoms with Crippen LogP contribution in [0.15, 0.2) is 41.1 Å². The smallest absolute Gasteiger partial charge is 0.272 e. The summed E-state index contributed by atoms with van der Waals surface area (Å²) < 4.78 is 14.9. The number of hydrazone groups is 1. The summed E-state index contributed by atoms with van der Waals surface area (Å²) in [6.45, 7) is 9.76. The van der Waals surface area contributed by atoms with Crippen LogP contribution in [0.2, 0.25) is 0 Å². The average Bonchev–Trinajstić information content (AvgIpc) is 2.92. The molecule has 10 nitrogen and oxygen atoms in total. The molecule has 0 aliphatic carbocycles. The van der Waals surface area contributed by atoms with Gasteiger partial charge in [0.1, 0.15) is 17.5 Å². The zero-order valence-corrected chi connectivity index (χ0v) is 22.7. The van der Waals surface area contributed by atoms with Crippen molar-refractivity contribution < 1.29 is 28.6 Å². The van der Waals surface area contributed by atoms with Crippen molar-refractivity contribution in [3.63, 3.8) is 0 Å². The summed E-state index contributed by atoms with van der Waals surface area (Å²) in [5, 5.41) is 8.26. The van der Waals surface area contributed by atoms with Gasteiger partial charge in [-0.1, -0.05) is 38.1 Å². The number of nitrogens with zero attached hydrogens (tertiary/aromatic N) is 3. The first-order valence-electron chi connectivity index (χ1n) is 12.1. The van der Waals surface area contributed by atoms with Crippen molar-refractivity contribution in [2.75, 3.05) is 47.6 Å². The van der Waals surface area contributed by atoms with Crippen LogP contribution in [0.4, 0.5) is 0 Å². The Morgan fingerprint density at radius 1 is 1.19 bits per heavy atom. The number of para-hydroxylation sites is 1. The maximum Gasteiger partial charge on any atom is 0.272 e. The van der Waals surface area contributed by atoms with E-state index in [1.165, 1.54) is 9.91 Å². The molecule has 1 aromatic carbocycles. The maximum absolute atomic E-state index is 13.2. The molecule has 36 heavy (non-hydrogen) atoms. The highest BCUT2D eigenvalue weighted by atomic mass is 16.5. The number of hydrogen-bond acceptors (Lipinski definition) is 8. The number of rotatable bonds is 11. The monoisotopic (exact) mass is 506 g/mol. The predicted molar refractivity (Wildman–Crippen MR) is 141 cm³/mol. The van der Waals surface area contributed by atoms with E-state index in [4.69, 9.17) is 9.47 Å². The van der Waals surface area contributed by atoms with E-state index >= 15 is 0 Å². The molecule has 1 aromatic rings. The molecule has 10 heteroatoms. The number of hydrogen-bond donors (Lipinski definition) is 1. The molecule has 202 valence electrons. The quantitative estimate of drug-likeness (QED) is 0.213. The van der Waals surface area contributed by atoms with Gasteiger partial charge in [0.05, 0.1) is 26.4 Å². The molecule has 1 unspecified atom stereocenters. The van der Waals surface area contributed by atoms with Gasteiger partial charge >= 0.3 is 0 Å². The third kappa shape index (κ3) is 10.6. The number of ether oxygens (including phenoxy) is 3. The first-order valence-corrected chi connectivity index (χ1v) is 12.1. The Hall–Kier alpha value is -3.24. The Morgan fingerprint density at radius 3 is 2.42 bits per heavy atom. The molecule has 1 aliphatic rings. The van der Waals surface area contributed by atoms with E-state index < -0.39 is 6.04 Å². The number of methoxy groups -OCH3 is 3. The first-order chi connectivity index (χ1) is 17.5. The van der Waals surface area contributed by atoms with Crippen LogP contribution >= 0.6 is 0 Å². The van der Waals surface area contributed by atoms with Gasteiger partial charge in [-0.05, 0) is 26.3 Å². The van der Waals surface area contributed by atoms with Gasteiger partial charge < -0.3 is 24.4 Å². The average molecular weight is 507 g/mol. The second kappa shape index (κ2) is 20.0. The van der Waals surface area contributed by atoms with E-state index in [2.05, 4.69) is 15.2 Å². The molecule has 0 aromatic heterocycles. The molecule has 0 bridgehead atoms. The van der Waals surface area contributed by atoms with E-state index in [9.17, 15) is 14.4 Å². The zero-order chi connectivity index (χ0) is 27.3. The molecular weight excluding hydrogens is 464 g/mol. The van der Waals surface area contributed by atoms with Gasteiger partial charge in [-0.15, -0.1) is 0 Å². The van der Waals surface area contributed by atoms with Crippen LogP contribution in [-0.4, -0.2) is 87.9 Å². The van der Waals surface area contributed by atoms with Crippen LogP contribution in [-0.2, 0) is 30.4 Å². The van der Waals surface area contributed by atoms with E-state index in [0.29, 0.717) is 37.3 Å². The Kier molecular flexibility index (Phi) is 18.2. The molecule has 1 heterocycles. The Morgan fingerprint density at radius 2 is 1.86 bits per heavy atom. The molecule has 1 N–H and O–H groups in total. The van der Waals surface area contributed by atoms with Crippen LogP contribution in [0.1, 0.15) is 39.7 Å². The molecular formula is C26H42N4O6. The fraction of sp³-hybridized carbons (Fsp3) is 0.538. The second-order valence-corrected chi connectivity index (χ2v) is 7.13. The summed E-state index contributed by atoms with van der Waals surface area (Å²) in [4.78, 5) is 38.4. The lowest BCUT2D eigenvalue weighted by molar-refractivity contribution is -0.144. The molecule has 1 fully saturated rings. The van der Waals surface area contributed by atoms with Crippen LogP contribution in [0.5, 0.6) is 5.75 Å². The molecule has 0 spiro atoms. The fourth-order valence-electron chi connectivity index (χ4n) is 3.22. The van der Waals surface area contributed by atoms with Gasteiger partial charge in [-0.3, -0.25) is 19.4 Å². The number of amides is 2. The van der Waals surface area contributed by atoms with Crippen LogP contribution < -0.4 is 10.1 Å². The lowest BCUT2D eigenvalue weighted by atomic mass is 10.1. The minimum atomic E-state index is -0.794. The van der Waals surface area contributed by atoms with Gasteiger partial charge in [-0.25, -0.2) is 0 Å². The second-order valence-electron chi connectivity index (χ2n) is 7.13. The summed E-state index contributed by atoms with van der Waals surface area (Å²) in [5.41, 5.74) is 1.08. The van der Waals surface area contributed by atoms with E-state index in [0.717, 1.165) is 18.4 Å². The van der Waals surface area contributed by atoms with Crippen molar-refractivity contribution in [2.45, 2.75) is 46.7 Å². The van der Waals surface area contributed by atoms with Crippen molar-refractivity contribution in [1.82, 2.24) is 15.2 Å². The standard InChI is InChI=1S/C21H28N4O5.C3H8O.C2H6/c1-4-17-21(28)24(14-16-8-5-6-9-19(16)30-3)18(15-25(17)23-11-12-26)20(27)22-10-7-13-29-2;1-3-4-2;1-2/h4-6,8-9,11-12,18H,7,10,13-15H2,1-3H3,(H,22,27);3H2,1-2H3;1-2H3/b17-4-,23-11+;;. The third-order valence-electron chi connectivity index (χ3n) is 4.97. The molecule has 2 rings (SSSR count). The number of carbonyl (C=O) groups excluding carboxylic acids is 3. The van der Waals surface area contributed by atoms with Crippen LogP contribution in [0, 0.1) is 0 Å². The van der Waals surface area contributed by atoms with Gasteiger partial charge in [0.25, 0.3) is 5.91 Å². The van der Waals surface area contributed by atoms with Crippen molar-refractivity contribution in [3.05, 3.63) is 41.6 Å². The molecule has 0 saturated carbocycles. The first kappa shape index (κ1) is 32.8. The summed E-state index contributed by atoms with van der Waals surface area (Å²) in [5.74, 6) is -0.0152. The summed E-state index contributed by atoms with van der Waals surface area (Å²) in [6, 6.07) is 6.56. The van der Waals surface area contributed by atoms with Gasteiger partial charge in [-0.2, -0.15) is 5.10 Å².